The van der Waals surface area contributed by atoms with Gasteiger partial charge in [0.25, 0.3) is 0 Å². The van der Waals surface area contributed by atoms with Crippen molar-refractivity contribution >= 4 is 17.4 Å². The zero-order valence-electron chi connectivity index (χ0n) is 8.52. The Bertz CT molecular complexity index is 513. The number of rotatable bonds is 2. The SMILES string of the molecule is NCc1cnc(-c2cccc(Cl)c2)nc1N. The van der Waals surface area contributed by atoms with E-state index in [0.717, 1.165) is 11.1 Å². The fraction of sp³-hybridized carbons (Fsp3) is 0.0909. The third-order valence-electron chi connectivity index (χ3n) is 2.20. The minimum atomic E-state index is 0.335. The van der Waals surface area contributed by atoms with Crippen LogP contribution < -0.4 is 11.5 Å². The summed E-state index contributed by atoms with van der Waals surface area (Å²) < 4.78 is 0. The van der Waals surface area contributed by atoms with Crippen LogP contribution in [0.5, 0.6) is 0 Å². The summed E-state index contributed by atoms with van der Waals surface area (Å²) in [6, 6.07) is 7.30. The molecule has 82 valence electrons. The van der Waals surface area contributed by atoms with Gasteiger partial charge in [-0.3, -0.25) is 0 Å². The quantitative estimate of drug-likeness (QED) is 0.831. The Morgan fingerprint density at radius 3 is 2.75 bits per heavy atom. The summed E-state index contributed by atoms with van der Waals surface area (Å²) in [6.45, 7) is 0.335. The van der Waals surface area contributed by atoms with Gasteiger partial charge in [0.05, 0.1) is 0 Å². The van der Waals surface area contributed by atoms with E-state index in [9.17, 15) is 0 Å². The maximum absolute atomic E-state index is 5.89. The third kappa shape index (κ3) is 2.13. The molecular weight excluding hydrogens is 224 g/mol. The van der Waals surface area contributed by atoms with Crippen LogP contribution in [0.1, 0.15) is 5.56 Å². The van der Waals surface area contributed by atoms with Crippen molar-refractivity contribution in [2.75, 3.05) is 5.73 Å². The van der Waals surface area contributed by atoms with Crippen LogP contribution in [0.2, 0.25) is 5.02 Å². The molecule has 0 aliphatic carbocycles. The Morgan fingerprint density at radius 1 is 1.31 bits per heavy atom. The molecule has 0 radical (unpaired) electrons. The van der Waals surface area contributed by atoms with Crippen LogP contribution in [0.4, 0.5) is 5.82 Å². The smallest absolute Gasteiger partial charge is 0.161 e. The van der Waals surface area contributed by atoms with Crippen molar-refractivity contribution in [1.82, 2.24) is 9.97 Å². The lowest BCUT2D eigenvalue weighted by atomic mass is 10.2. The Kier molecular flexibility index (Phi) is 3.03. The topological polar surface area (TPSA) is 77.8 Å². The van der Waals surface area contributed by atoms with E-state index in [1.54, 1.807) is 18.3 Å². The fourth-order valence-corrected chi connectivity index (χ4v) is 1.53. The van der Waals surface area contributed by atoms with E-state index in [-0.39, 0.29) is 0 Å². The van der Waals surface area contributed by atoms with Crippen molar-refractivity contribution in [1.29, 1.82) is 0 Å². The lowest BCUT2D eigenvalue weighted by Crippen LogP contribution is -2.05. The summed E-state index contributed by atoms with van der Waals surface area (Å²) in [7, 11) is 0. The zero-order chi connectivity index (χ0) is 11.5. The van der Waals surface area contributed by atoms with Crippen molar-refractivity contribution < 1.29 is 0 Å². The summed E-state index contributed by atoms with van der Waals surface area (Å²) in [5.41, 5.74) is 12.8. The van der Waals surface area contributed by atoms with Crippen LogP contribution in [-0.4, -0.2) is 9.97 Å². The summed E-state index contributed by atoms with van der Waals surface area (Å²) in [5, 5.41) is 0.641. The first-order chi connectivity index (χ1) is 7.70. The van der Waals surface area contributed by atoms with E-state index in [2.05, 4.69) is 9.97 Å². The van der Waals surface area contributed by atoms with E-state index in [1.165, 1.54) is 0 Å². The molecule has 5 heteroatoms. The van der Waals surface area contributed by atoms with Gasteiger partial charge in [0.1, 0.15) is 5.82 Å². The molecule has 0 aliphatic rings. The molecular formula is C11H11ClN4. The Morgan fingerprint density at radius 2 is 2.12 bits per heavy atom. The molecule has 16 heavy (non-hydrogen) atoms. The molecule has 0 fully saturated rings. The normalized spacial score (nSPS) is 10.4. The lowest BCUT2D eigenvalue weighted by molar-refractivity contribution is 1.02. The average molecular weight is 235 g/mol. The minimum absolute atomic E-state index is 0.335. The van der Waals surface area contributed by atoms with Gasteiger partial charge in [-0.1, -0.05) is 23.7 Å². The summed E-state index contributed by atoms with van der Waals surface area (Å²) in [5.74, 6) is 0.963. The highest BCUT2D eigenvalue weighted by molar-refractivity contribution is 6.30. The van der Waals surface area contributed by atoms with Crippen LogP contribution in [0.15, 0.2) is 30.5 Å². The number of benzene rings is 1. The average Bonchev–Trinajstić information content (AvgIpc) is 2.29. The molecule has 2 rings (SSSR count). The van der Waals surface area contributed by atoms with Crippen LogP contribution in [0.3, 0.4) is 0 Å². The standard InChI is InChI=1S/C11H11ClN4/c12-9-3-1-2-7(4-9)11-15-6-8(5-13)10(14)16-11/h1-4,6H,5,13H2,(H2,14,15,16). The van der Waals surface area contributed by atoms with E-state index in [1.807, 2.05) is 12.1 Å². The van der Waals surface area contributed by atoms with Gasteiger partial charge in [-0.2, -0.15) is 0 Å². The molecule has 4 N–H and O–H groups in total. The van der Waals surface area contributed by atoms with Crippen LogP contribution >= 0.6 is 11.6 Å². The van der Waals surface area contributed by atoms with Crippen LogP contribution in [0, 0.1) is 0 Å². The predicted molar refractivity (Wildman–Crippen MR) is 64.8 cm³/mol. The van der Waals surface area contributed by atoms with Gasteiger partial charge in [-0.05, 0) is 12.1 Å². The molecule has 0 saturated heterocycles. The molecule has 0 saturated carbocycles. The summed E-state index contributed by atoms with van der Waals surface area (Å²) in [4.78, 5) is 8.38. The zero-order valence-corrected chi connectivity index (χ0v) is 9.28. The first kappa shape index (κ1) is 10.9. The lowest BCUT2D eigenvalue weighted by Gasteiger charge is -2.04. The van der Waals surface area contributed by atoms with E-state index >= 15 is 0 Å². The Balaban J connectivity index is 2.45. The molecule has 0 atom stereocenters. The van der Waals surface area contributed by atoms with Crippen LogP contribution in [0.25, 0.3) is 11.4 Å². The second kappa shape index (κ2) is 4.47. The minimum Gasteiger partial charge on any atom is -0.383 e. The molecule has 0 amide bonds. The first-order valence-corrected chi connectivity index (χ1v) is 5.16. The Labute approximate surface area is 98.3 Å². The van der Waals surface area contributed by atoms with Crippen molar-refractivity contribution in [3.63, 3.8) is 0 Å². The van der Waals surface area contributed by atoms with Crippen molar-refractivity contribution in [2.24, 2.45) is 5.73 Å². The van der Waals surface area contributed by atoms with Gasteiger partial charge < -0.3 is 11.5 Å². The Hall–Kier alpha value is -1.65. The van der Waals surface area contributed by atoms with Gasteiger partial charge >= 0.3 is 0 Å². The van der Waals surface area contributed by atoms with Gasteiger partial charge in [0.2, 0.25) is 0 Å². The number of nitrogens with two attached hydrogens (primary N) is 2. The molecule has 0 unspecified atom stereocenters. The van der Waals surface area contributed by atoms with Gasteiger partial charge in [0.15, 0.2) is 5.82 Å². The predicted octanol–water partition coefficient (Wildman–Crippen LogP) is 1.84. The number of hydrogen-bond donors (Lipinski definition) is 2. The third-order valence-corrected chi connectivity index (χ3v) is 2.44. The molecule has 1 heterocycles. The molecule has 2 aromatic rings. The highest BCUT2D eigenvalue weighted by Gasteiger charge is 2.05. The number of aromatic nitrogens is 2. The van der Waals surface area contributed by atoms with Crippen molar-refractivity contribution in [3.8, 4) is 11.4 Å². The van der Waals surface area contributed by atoms with E-state index < -0.39 is 0 Å². The monoisotopic (exact) mass is 234 g/mol. The highest BCUT2D eigenvalue weighted by Crippen LogP contribution is 2.20. The van der Waals surface area contributed by atoms with E-state index in [4.69, 9.17) is 23.1 Å². The van der Waals surface area contributed by atoms with E-state index in [0.29, 0.717) is 23.2 Å². The number of anilines is 1. The second-order valence-electron chi connectivity index (χ2n) is 3.32. The summed E-state index contributed by atoms with van der Waals surface area (Å²) >= 11 is 5.89. The maximum Gasteiger partial charge on any atom is 0.161 e. The van der Waals surface area contributed by atoms with Gasteiger partial charge in [-0.15, -0.1) is 0 Å². The molecule has 1 aromatic heterocycles. The summed E-state index contributed by atoms with van der Waals surface area (Å²) in [6.07, 6.45) is 1.64. The number of hydrogen-bond acceptors (Lipinski definition) is 4. The maximum atomic E-state index is 5.89. The highest BCUT2D eigenvalue weighted by atomic mass is 35.5. The van der Waals surface area contributed by atoms with Crippen molar-refractivity contribution in [2.45, 2.75) is 6.54 Å². The second-order valence-corrected chi connectivity index (χ2v) is 3.75. The molecule has 0 bridgehead atoms. The molecule has 4 nitrogen and oxygen atoms in total. The van der Waals surface area contributed by atoms with Crippen molar-refractivity contribution in [3.05, 3.63) is 41.0 Å². The molecule has 1 aromatic carbocycles. The van der Waals surface area contributed by atoms with Crippen LogP contribution in [-0.2, 0) is 6.54 Å². The number of halogens is 1. The number of nitrogen functional groups attached to an aromatic ring is 1. The van der Waals surface area contributed by atoms with Gasteiger partial charge in [0, 0.05) is 28.9 Å². The largest absolute Gasteiger partial charge is 0.383 e. The molecule has 0 aliphatic heterocycles. The fourth-order valence-electron chi connectivity index (χ4n) is 1.34. The first-order valence-electron chi connectivity index (χ1n) is 4.78. The number of nitrogens with zero attached hydrogens (tertiary/aromatic N) is 2. The van der Waals surface area contributed by atoms with Gasteiger partial charge in [-0.25, -0.2) is 9.97 Å². The molecule has 0 spiro atoms.